The standard InChI is InChI=1S/C22H25N3O5S/c26-22(24-23-14-17-11-12-20-21(13-17)30-16-29-20)15-25(18-7-3-1-4-8-18)31(27,28)19-9-5-2-6-10-19/h2,5-6,9-14,18H,1,3-4,7-8,15-16H2,(H,24,26)/b23-14+. The van der Waals surface area contributed by atoms with Gasteiger partial charge in [-0.05, 0) is 48.7 Å². The van der Waals surface area contributed by atoms with Crippen LogP contribution in [0.1, 0.15) is 37.7 Å². The summed E-state index contributed by atoms with van der Waals surface area (Å²) in [5.74, 6) is 0.796. The number of rotatable bonds is 7. The SMILES string of the molecule is O=C(CN(C1CCCCC1)S(=O)(=O)c1ccccc1)N/N=C/c1ccc2c(c1)OCO2. The normalized spacial score (nSPS) is 16.7. The van der Waals surface area contributed by atoms with Crippen molar-refractivity contribution in [3.63, 3.8) is 0 Å². The molecule has 2 aromatic carbocycles. The predicted molar refractivity (Wildman–Crippen MR) is 116 cm³/mol. The van der Waals surface area contributed by atoms with E-state index >= 15 is 0 Å². The highest BCUT2D eigenvalue weighted by molar-refractivity contribution is 7.89. The Morgan fingerprint density at radius 2 is 1.81 bits per heavy atom. The van der Waals surface area contributed by atoms with Gasteiger partial charge in [-0.3, -0.25) is 4.79 Å². The molecule has 9 heteroatoms. The maximum Gasteiger partial charge on any atom is 0.255 e. The summed E-state index contributed by atoms with van der Waals surface area (Å²) >= 11 is 0. The van der Waals surface area contributed by atoms with Gasteiger partial charge >= 0.3 is 0 Å². The molecular formula is C22H25N3O5S. The van der Waals surface area contributed by atoms with Gasteiger partial charge in [0.25, 0.3) is 5.91 Å². The minimum atomic E-state index is -3.79. The summed E-state index contributed by atoms with van der Waals surface area (Å²) in [6, 6.07) is 13.4. The largest absolute Gasteiger partial charge is 0.454 e. The van der Waals surface area contributed by atoms with Crippen molar-refractivity contribution in [1.29, 1.82) is 0 Å². The molecule has 0 aromatic heterocycles. The molecule has 2 aromatic rings. The van der Waals surface area contributed by atoms with Gasteiger partial charge in [0.1, 0.15) is 0 Å². The Kier molecular flexibility index (Phi) is 6.53. The maximum atomic E-state index is 13.3. The molecule has 0 radical (unpaired) electrons. The predicted octanol–water partition coefficient (Wildman–Crippen LogP) is 2.89. The summed E-state index contributed by atoms with van der Waals surface area (Å²) in [5.41, 5.74) is 3.17. The van der Waals surface area contributed by atoms with Crippen molar-refractivity contribution < 1.29 is 22.7 Å². The van der Waals surface area contributed by atoms with Crippen LogP contribution in [0.5, 0.6) is 11.5 Å². The highest BCUT2D eigenvalue weighted by Crippen LogP contribution is 2.32. The van der Waals surface area contributed by atoms with Crippen LogP contribution < -0.4 is 14.9 Å². The number of carbonyl (C=O) groups excluding carboxylic acids is 1. The smallest absolute Gasteiger partial charge is 0.255 e. The van der Waals surface area contributed by atoms with E-state index in [9.17, 15) is 13.2 Å². The zero-order chi connectivity index (χ0) is 21.7. The van der Waals surface area contributed by atoms with Crippen LogP contribution in [0.15, 0.2) is 58.5 Å². The van der Waals surface area contributed by atoms with Crippen LogP contribution in [0.2, 0.25) is 0 Å². The van der Waals surface area contributed by atoms with E-state index in [0.717, 1.165) is 37.7 Å². The van der Waals surface area contributed by atoms with Crippen molar-refractivity contribution >= 4 is 22.1 Å². The molecule has 1 N–H and O–H groups in total. The Morgan fingerprint density at radius 3 is 2.58 bits per heavy atom. The fraction of sp³-hybridized carbons (Fsp3) is 0.364. The van der Waals surface area contributed by atoms with E-state index in [1.54, 1.807) is 48.5 Å². The Morgan fingerprint density at radius 1 is 1.06 bits per heavy atom. The van der Waals surface area contributed by atoms with Gasteiger partial charge in [0.2, 0.25) is 16.8 Å². The third-order valence-electron chi connectivity index (χ3n) is 5.43. The second-order valence-electron chi connectivity index (χ2n) is 7.56. The van der Waals surface area contributed by atoms with Crippen molar-refractivity contribution in [1.82, 2.24) is 9.73 Å². The summed E-state index contributed by atoms with van der Waals surface area (Å²) in [5, 5.41) is 3.98. The minimum absolute atomic E-state index is 0.180. The molecule has 1 aliphatic heterocycles. The second kappa shape index (κ2) is 9.49. The lowest BCUT2D eigenvalue weighted by molar-refractivity contribution is -0.121. The molecule has 4 rings (SSSR count). The lowest BCUT2D eigenvalue weighted by atomic mass is 9.95. The van der Waals surface area contributed by atoms with E-state index < -0.39 is 15.9 Å². The van der Waals surface area contributed by atoms with E-state index in [4.69, 9.17) is 9.47 Å². The first-order chi connectivity index (χ1) is 15.0. The monoisotopic (exact) mass is 443 g/mol. The van der Waals surface area contributed by atoms with Crippen LogP contribution in [0, 0.1) is 0 Å². The fourth-order valence-electron chi connectivity index (χ4n) is 3.86. The highest BCUT2D eigenvalue weighted by atomic mass is 32.2. The van der Waals surface area contributed by atoms with E-state index in [-0.39, 0.29) is 24.3 Å². The quantitative estimate of drug-likeness (QED) is 0.524. The summed E-state index contributed by atoms with van der Waals surface area (Å²) in [6.07, 6.45) is 5.97. The molecule has 164 valence electrons. The van der Waals surface area contributed by atoms with Gasteiger partial charge in [-0.15, -0.1) is 0 Å². The van der Waals surface area contributed by atoms with Crippen molar-refractivity contribution in [3.8, 4) is 11.5 Å². The lowest BCUT2D eigenvalue weighted by Crippen LogP contribution is -2.46. The van der Waals surface area contributed by atoms with Crippen LogP contribution in [-0.4, -0.2) is 44.2 Å². The van der Waals surface area contributed by atoms with Gasteiger partial charge in [-0.1, -0.05) is 37.5 Å². The van der Waals surface area contributed by atoms with E-state index in [0.29, 0.717) is 11.5 Å². The molecule has 0 atom stereocenters. The van der Waals surface area contributed by atoms with Crippen LogP contribution in [0.4, 0.5) is 0 Å². The number of nitrogens with zero attached hydrogens (tertiary/aromatic N) is 2. The van der Waals surface area contributed by atoms with Crippen molar-refractivity contribution in [2.75, 3.05) is 13.3 Å². The number of hydrazone groups is 1. The summed E-state index contributed by atoms with van der Waals surface area (Å²) < 4.78 is 38.4. The molecule has 1 amide bonds. The molecule has 1 fully saturated rings. The third kappa shape index (κ3) is 5.05. The number of nitrogens with one attached hydrogen (secondary N) is 1. The Balaban J connectivity index is 1.45. The fourth-order valence-corrected chi connectivity index (χ4v) is 5.52. The summed E-state index contributed by atoms with van der Waals surface area (Å²) in [4.78, 5) is 12.8. The Bertz CT molecular complexity index is 1050. The van der Waals surface area contributed by atoms with E-state index in [1.807, 2.05) is 0 Å². The molecule has 1 saturated carbocycles. The van der Waals surface area contributed by atoms with Gasteiger partial charge in [0.15, 0.2) is 11.5 Å². The van der Waals surface area contributed by atoms with Crippen molar-refractivity contribution in [3.05, 3.63) is 54.1 Å². The zero-order valence-corrected chi connectivity index (χ0v) is 17.9. The average Bonchev–Trinajstić information content (AvgIpc) is 3.26. The van der Waals surface area contributed by atoms with E-state index in [1.165, 1.54) is 10.5 Å². The first-order valence-electron chi connectivity index (χ1n) is 10.3. The topological polar surface area (TPSA) is 97.3 Å². The Hall–Kier alpha value is -2.91. The molecule has 2 aliphatic rings. The maximum absolute atomic E-state index is 13.3. The van der Waals surface area contributed by atoms with Crippen molar-refractivity contribution in [2.45, 2.75) is 43.0 Å². The molecule has 1 aliphatic carbocycles. The number of carbonyl (C=O) groups is 1. The summed E-state index contributed by atoms with van der Waals surface area (Å²) in [6.45, 7) is -0.0973. The first kappa shape index (κ1) is 21.3. The number of sulfonamides is 1. The van der Waals surface area contributed by atoms with Gasteiger partial charge in [-0.2, -0.15) is 9.41 Å². The van der Waals surface area contributed by atoms with Crippen molar-refractivity contribution in [2.24, 2.45) is 5.10 Å². The van der Waals surface area contributed by atoms with Crippen LogP contribution >= 0.6 is 0 Å². The van der Waals surface area contributed by atoms with Crippen LogP contribution in [-0.2, 0) is 14.8 Å². The zero-order valence-electron chi connectivity index (χ0n) is 17.1. The number of hydrogen-bond acceptors (Lipinski definition) is 6. The Labute approximate surface area is 181 Å². The molecule has 31 heavy (non-hydrogen) atoms. The molecule has 0 saturated heterocycles. The van der Waals surface area contributed by atoms with Gasteiger partial charge in [0.05, 0.1) is 17.7 Å². The highest BCUT2D eigenvalue weighted by Gasteiger charge is 2.33. The minimum Gasteiger partial charge on any atom is -0.454 e. The third-order valence-corrected chi connectivity index (χ3v) is 7.34. The second-order valence-corrected chi connectivity index (χ2v) is 9.45. The van der Waals surface area contributed by atoms with E-state index in [2.05, 4.69) is 10.5 Å². The molecule has 0 unspecified atom stereocenters. The number of fused-ring (bicyclic) bond motifs is 1. The summed E-state index contributed by atoms with van der Waals surface area (Å²) in [7, 11) is -3.79. The van der Waals surface area contributed by atoms with Gasteiger partial charge in [-0.25, -0.2) is 13.8 Å². The average molecular weight is 444 g/mol. The molecule has 0 spiro atoms. The molecule has 0 bridgehead atoms. The molecule has 1 heterocycles. The van der Waals surface area contributed by atoms with Gasteiger partial charge in [0, 0.05) is 6.04 Å². The number of amides is 1. The number of ether oxygens (including phenoxy) is 2. The van der Waals surface area contributed by atoms with Gasteiger partial charge < -0.3 is 9.47 Å². The van der Waals surface area contributed by atoms with Crippen LogP contribution in [0.25, 0.3) is 0 Å². The molecule has 8 nitrogen and oxygen atoms in total. The number of hydrogen-bond donors (Lipinski definition) is 1. The number of benzene rings is 2. The van der Waals surface area contributed by atoms with Crippen LogP contribution in [0.3, 0.4) is 0 Å². The molecular weight excluding hydrogens is 418 g/mol. The lowest BCUT2D eigenvalue weighted by Gasteiger charge is -2.32. The first-order valence-corrected chi connectivity index (χ1v) is 11.8.